The molecule has 0 saturated carbocycles. The van der Waals surface area contributed by atoms with E-state index in [1.54, 1.807) is 23.5 Å². The van der Waals surface area contributed by atoms with E-state index in [1.807, 2.05) is 0 Å². The monoisotopic (exact) mass is 291 g/mol. The van der Waals surface area contributed by atoms with Gasteiger partial charge in [0.1, 0.15) is 10.8 Å². The van der Waals surface area contributed by atoms with Gasteiger partial charge in [-0.3, -0.25) is 4.90 Å². The molecule has 1 atom stereocenters. The highest BCUT2D eigenvalue weighted by molar-refractivity contribution is 7.13. The lowest BCUT2D eigenvalue weighted by molar-refractivity contribution is 0.198. The van der Waals surface area contributed by atoms with Crippen molar-refractivity contribution in [2.75, 3.05) is 19.6 Å². The Morgan fingerprint density at radius 3 is 2.95 bits per heavy atom. The number of benzene rings is 1. The van der Waals surface area contributed by atoms with E-state index >= 15 is 0 Å². The molecule has 3 rings (SSSR count). The molecule has 2 heterocycles. The molecule has 0 unspecified atom stereocenters. The number of hydrogen-bond donors (Lipinski definition) is 1. The molecule has 1 aromatic heterocycles. The predicted octanol–water partition coefficient (Wildman–Crippen LogP) is 2.74. The minimum atomic E-state index is -0.208. The highest BCUT2D eigenvalue weighted by Gasteiger charge is 2.16. The lowest BCUT2D eigenvalue weighted by Crippen LogP contribution is -2.48. The van der Waals surface area contributed by atoms with Gasteiger partial charge in [-0.05, 0) is 31.2 Å². The maximum Gasteiger partial charge on any atom is 0.123 e. The predicted molar refractivity (Wildman–Crippen MR) is 80.2 cm³/mol. The molecule has 3 nitrogen and oxygen atoms in total. The van der Waals surface area contributed by atoms with Crippen LogP contribution in [0.1, 0.15) is 12.6 Å². The smallest absolute Gasteiger partial charge is 0.123 e. The molecule has 0 bridgehead atoms. The number of thiazole rings is 1. The van der Waals surface area contributed by atoms with E-state index in [0.29, 0.717) is 6.04 Å². The van der Waals surface area contributed by atoms with E-state index < -0.39 is 0 Å². The van der Waals surface area contributed by atoms with E-state index in [2.05, 4.69) is 27.5 Å². The molecule has 5 heteroatoms. The number of nitrogens with one attached hydrogen (secondary N) is 1. The first-order valence-electron chi connectivity index (χ1n) is 6.87. The summed E-state index contributed by atoms with van der Waals surface area (Å²) in [5, 5.41) is 6.50. The van der Waals surface area contributed by atoms with Gasteiger partial charge >= 0.3 is 0 Å². The van der Waals surface area contributed by atoms with Gasteiger partial charge in [0.2, 0.25) is 0 Å². The number of rotatable bonds is 3. The summed E-state index contributed by atoms with van der Waals surface area (Å²) in [5.41, 5.74) is 2.08. The van der Waals surface area contributed by atoms with Crippen LogP contribution in [0.4, 0.5) is 4.39 Å². The van der Waals surface area contributed by atoms with Crippen LogP contribution >= 0.6 is 11.3 Å². The number of nitrogens with zero attached hydrogens (tertiary/aromatic N) is 2. The normalized spacial score (nSPS) is 20.2. The highest BCUT2D eigenvalue weighted by Crippen LogP contribution is 2.24. The maximum absolute atomic E-state index is 12.9. The largest absolute Gasteiger partial charge is 0.312 e. The van der Waals surface area contributed by atoms with Crippen molar-refractivity contribution in [2.45, 2.75) is 19.5 Å². The van der Waals surface area contributed by atoms with Crippen molar-refractivity contribution in [3.63, 3.8) is 0 Å². The molecule has 1 fully saturated rings. The van der Waals surface area contributed by atoms with Gasteiger partial charge in [-0.25, -0.2) is 9.37 Å². The zero-order valence-corrected chi connectivity index (χ0v) is 12.3. The number of piperazine rings is 1. The Bertz CT molecular complexity index is 567. The van der Waals surface area contributed by atoms with Crippen molar-refractivity contribution in [1.82, 2.24) is 15.2 Å². The Balaban J connectivity index is 1.69. The molecule has 0 radical (unpaired) electrons. The van der Waals surface area contributed by atoms with Gasteiger partial charge in [0.15, 0.2) is 0 Å². The van der Waals surface area contributed by atoms with Crippen LogP contribution in [0, 0.1) is 5.82 Å². The second-order valence-corrected chi connectivity index (χ2v) is 6.10. The van der Waals surface area contributed by atoms with Crippen LogP contribution in [-0.2, 0) is 6.54 Å². The minimum absolute atomic E-state index is 0.208. The molecule has 1 saturated heterocycles. The average Bonchev–Trinajstić information content (AvgIpc) is 2.88. The molecular formula is C15H18FN3S. The fraction of sp³-hybridized carbons (Fsp3) is 0.400. The zero-order valence-electron chi connectivity index (χ0n) is 11.5. The average molecular weight is 291 g/mol. The summed E-state index contributed by atoms with van der Waals surface area (Å²) >= 11 is 1.62. The van der Waals surface area contributed by atoms with Gasteiger partial charge in [0.05, 0.1) is 5.69 Å². The fourth-order valence-corrected chi connectivity index (χ4v) is 3.31. The molecule has 1 aliphatic heterocycles. The topological polar surface area (TPSA) is 28.2 Å². The Kier molecular flexibility index (Phi) is 4.10. The summed E-state index contributed by atoms with van der Waals surface area (Å²) in [6.45, 7) is 6.26. The third-order valence-corrected chi connectivity index (χ3v) is 4.42. The van der Waals surface area contributed by atoms with E-state index in [-0.39, 0.29) is 5.82 Å². The SMILES string of the molecule is C[C@H]1CN(Cc2csc(-c3ccc(F)cc3)n2)CCN1. The summed E-state index contributed by atoms with van der Waals surface area (Å²) in [6.07, 6.45) is 0. The number of aromatic nitrogens is 1. The molecule has 0 amide bonds. The lowest BCUT2D eigenvalue weighted by Gasteiger charge is -2.31. The second-order valence-electron chi connectivity index (χ2n) is 5.24. The van der Waals surface area contributed by atoms with Crippen LogP contribution in [-0.4, -0.2) is 35.6 Å². The summed E-state index contributed by atoms with van der Waals surface area (Å²) < 4.78 is 12.9. The third-order valence-electron chi connectivity index (χ3n) is 3.48. The van der Waals surface area contributed by atoms with Gasteiger partial charge in [-0.15, -0.1) is 11.3 Å². The first-order chi connectivity index (χ1) is 9.70. The van der Waals surface area contributed by atoms with E-state index in [4.69, 9.17) is 0 Å². The van der Waals surface area contributed by atoms with E-state index in [9.17, 15) is 4.39 Å². The third kappa shape index (κ3) is 3.23. The lowest BCUT2D eigenvalue weighted by atomic mass is 10.2. The van der Waals surface area contributed by atoms with Crippen LogP contribution in [0.25, 0.3) is 10.6 Å². The first-order valence-corrected chi connectivity index (χ1v) is 7.75. The molecule has 0 spiro atoms. The van der Waals surface area contributed by atoms with Crippen LogP contribution < -0.4 is 5.32 Å². The Morgan fingerprint density at radius 2 is 2.20 bits per heavy atom. The molecule has 1 aromatic carbocycles. The van der Waals surface area contributed by atoms with E-state index in [0.717, 1.165) is 42.4 Å². The molecule has 1 N–H and O–H groups in total. The molecule has 20 heavy (non-hydrogen) atoms. The van der Waals surface area contributed by atoms with Gasteiger partial charge in [0, 0.05) is 43.2 Å². The maximum atomic E-state index is 12.9. The van der Waals surface area contributed by atoms with E-state index in [1.165, 1.54) is 12.1 Å². The number of hydrogen-bond acceptors (Lipinski definition) is 4. The van der Waals surface area contributed by atoms with Crippen molar-refractivity contribution in [3.8, 4) is 10.6 Å². The van der Waals surface area contributed by atoms with Gasteiger partial charge in [-0.1, -0.05) is 0 Å². The van der Waals surface area contributed by atoms with Crippen LogP contribution in [0.5, 0.6) is 0 Å². The van der Waals surface area contributed by atoms with Crippen LogP contribution in [0.3, 0.4) is 0 Å². The quantitative estimate of drug-likeness (QED) is 0.942. The zero-order chi connectivity index (χ0) is 13.9. The van der Waals surface area contributed by atoms with Crippen molar-refractivity contribution in [1.29, 1.82) is 0 Å². The van der Waals surface area contributed by atoms with Crippen molar-refractivity contribution < 1.29 is 4.39 Å². The molecule has 106 valence electrons. The number of halogens is 1. The minimum Gasteiger partial charge on any atom is -0.312 e. The van der Waals surface area contributed by atoms with Gasteiger partial charge < -0.3 is 5.32 Å². The fourth-order valence-electron chi connectivity index (χ4n) is 2.49. The van der Waals surface area contributed by atoms with Crippen molar-refractivity contribution >= 4 is 11.3 Å². The second kappa shape index (κ2) is 5.99. The van der Waals surface area contributed by atoms with Gasteiger partial charge in [-0.2, -0.15) is 0 Å². The first kappa shape index (κ1) is 13.7. The van der Waals surface area contributed by atoms with Crippen LogP contribution in [0.2, 0.25) is 0 Å². The summed E-state index contributed by atoms with van der Waals surface area (Å²) in [5.74, 6) is -0.208. The summed E-state index contributed by atoms with van der Waals surface area (Å²) in [6, 6.07) is 7.07. The van der Waals surface area contributed by atoms with Gasteiger partial charge in [0.25, 0.3) is 0 Å². The molecule has 1 aliphatic rings. The standard InChI is InChI=1S/C15H18FN3S/c1-11-8-19(7-6-17-11)9-14-10-20-15(18-14)12-2-4-13(16)5-3-12/h2-5,10-11,17H,6-9H2,1H3/t11-/m0/s1. The summed E-state index contributed by atoms with van der Waals surface area (Å²) in [4.78, 5) is 7.08. The molecule has 2 aromatic rings. The Morgan fingerprint density at radius 1 is 1.40 bits per heavy atom. The molecule has 0 aliphatic carbocycles. The van der Waals surface area contributed by atoms with Crippen LogP contribution in [0.15, 0.2) is 29.6 Å². The molecular weight excluding hydrogens is 273 g/mol. The Labute approximate surface area is 122 Å². The van der Waals surface area contributed by atoms with Crippen molar-refractivity contribution in [3.05, 3.63) is 41.2 Å². The summed E-state index contributed by atoms with van der Waals surface area (Å²) in [7, 11) is 0. The van der Waals surface area contributed by atoms with Crippen molar-refractivity contribution in [2.24, 2.45) is 0 Å². The Hall–Kier alpha value is -1.30. The highest BCUT2D eigenvalue weighted by atomic mass is 32.1.